The number of ether oxygens (including phenoxy) is 1. The number of likely N-dealkylation sites (N-methyl/N-ethyl adjacent to an activating group) is 1. The van der Waals surface area contributed by atoms with Crippen molar-refractivity contribution in [2.75, 3.05) is 18.5 Å². The largest absolute Gasteiger partial charge is 0.452 e. The van der Waals surface area contributed by atoms with Gasteiger partial charge in [-0.3, -0.25) is 4.79 Å². The first-order chi connectivity index (χ1) is 12.3. The number of para-hydroxylation sites is 1. The van der Waals surface area contributed by atoms with Gasteiger partial charge in [-0.2, -0.15) is 13.2 Å². The Hall–Kier alpha value is -3.03. The molecule has 2 N–H and O–H groups in total. The zero-order valence-corrected chi connectivity index (χ0v) is 13.9. The maximum Gasteiger partial charge on any atom is 0.416 e. The molecule has 1 amide bonds. The molecule has 2 aromatic carbocycles. The van der Waals surface area contributed by atoms with Crippen molar-refractivity contribution in [3.63, 3.8) is 0 Å². The molecule has 0 aliphatic heterocycles. The quantitative estimate of drug-likeness (QED) is 0.765. The van der Waals surface area contributed by atoms with Crippen LogP contribution in [-0.4, -0.2) is 25.0 Å². The number of anilines is 2. The summed E-state index contributed by atoms with van der Waals surface area (Å²) in [6.45, 7) is 1.70. The summed E-state index contributed by atoms with van der Waals surface area (Å²) in [4.78, 5) is 23.5. The van der Waals surface area contributed by atoms with Gasteiger partial charge >= 0.3 is 12.1 Å². The Morgan fingerprint density at radius 3 is 2.50 bits per heavy atom. The van der Waals surface area contributed by atoms with Crippen LogP contribution in [0, 0.1) is 0 Å². The number of halogens is 3. The lowest BCUT2D eigenvalue weighted by Gasteiger charge is -2.13. The molecule has 0 saturated heterocycles. The van der Waals surface area contributed by atoms with Gasteiger partial charge in [-0.1, -0.05) is 18.2 Å². The molecule has 0 aromatic heterocycles. The van der Waals surface area contributed by atoms with Crippen molar-refractivity contribution in [1.82, 2.24) is 5.32 Å². The fourth-order valence-electron chi connectivity index (χ4n) is 2.16. The number of hydrogen-bond donors (Lipinski definition) is 2. The molecule has 0 bridgehead atoms. The first-order valence-corrected chi connectivity index (χ1v) is 7.78. The maximum atomic E-state index is 12.8. The summed E-state index contributed by atoms with van der Waals surface area (Å²) in [5, 5.41) is 5.27. The molecule has 138 valence electrons. The highest BCUT2D eigenvalue weighted by Crippen LogP contribution is 2.31. The summed E-state index contributed by atoms with van der Waals surface area (Å²) >= 11 is 0. The van der Waals surface area contributed by atoms with Gasteiger partial charge < -0.3 is 15.4 Å². The fraction of sp³-hybridized carbons (Fsp3) is 0.222. The summed E-state index contributed by atoms with van der Waals surface area (Å²) in [5.74, 6) is -1.20. The molecule has 0 saturated carbocycles. The Kier molecular flexibility index (Phi) is 6.21. The summed E-state index contributed by atoms with van der Waals surface area (Å²) in [7, 11) is 0. The topological polar surface area (TPSA) is 67.4 Å². The van der Waals surface area contributed by atoms with Gasteiger partial charge in [0.25, 0.3) is 5.91 Å². The van der Waals surface area contributed by atoms with Crippen molar-refractivity contribution in [2.45, 2.75) is 13.1 Å². The highest BCUT2D eigenvalue weighted by molar-refractivity contribution is 5.97. The molecule has 0 aliphatic rings. The Balaban J connectivity index is 2.16. The zero-order chi connectivity index (χ0) is 19.2. The minimum absolute atomic E-state index is 0.106. The molecular weight excluding hydrogens is 349 g/mol. The van der Waals surface area contributed by atoms with E-state index in [9.17, 15) is 22.8 Å². The predicted octanol–water partition coefficient (Wildman–Crippen LogP) is 3.74. The lowest BCUT2D eigenvalue weighted by molar-refractivity contribution is -0.137. The van der Waals surface area contributed by atoms with Crippen LogP contribution in [0.15, 0.2) is 48.5 Å². The molecule has 2 rings (SSSR count). The normalized spacial score (nSPS) is 10.9. The van der Waals surface area contributed by atoms with Gasteiger partial charge in [-0.15, -0.1) is 0 Å². The summed E-state index contributed by atoms with van der Waals surface area (Å²) in [6.07, 6.45) is -4.47. The van der Waals surface area contributed by atoms with E-state index in [0.29, 0.717) is 6.54 Å². The van der Waals surface area contributed by atoms with Gasteiger partial charge in [-0.25, -0.2) is 4.79 Å². The van der Waals surface area contributed by atoms with Gasteiger partial charge in [0.1, 0.15) is 0 Å². The standard InChI is InChI=1S/C18H17F3N2O3/c1-2-22-16(24)11-26-17(25)14-8-3-4-9-15(14)23-13-7-5-6-12(10-13)18(19,20)21/h3-10,23H,2,11H2,1H3,(H,22,24). The number of hydrogen-bond acceptors (Lipinski definition) is 4. The Morgan fingerprint density at radius 2 is 1.81 bits per heavy atom. The number of rotatable bonds is 6. The molecule has 0 heterocycles. The fourth-order valence-corrected chi connectivity index (χ4v) is 2.16. The van der Waals surface area contributed by atoms with E-state index in [2.05, 4.69) is 10.6 Å². The van der Waals surface area contributed by atoms with Gasteiger partial charge in [0.05, 0.1) is 16.8 Å². The number of esters is 1. The third-order valence-electron chi connectivity index (χ3n) is 3.32. The van der Waals surface area contributed by atoms with Gasteiger partial charge in [0.2, 0.25) is 0 Å². The second-order valence-corrected chi connectivity index (χ2v) is 5.28. The number of alkyl halides is 3. The highest BCUT2D eigenvalue weighted by Gasteiger charge is 2.30. The average Bonchev–Trinajstić information content (AvgIpc) is 2.60. The first kappa shape index (κ1) is 19.3. The number of amides is 1. The van der Waals surface area contributed by atoms with E-state index in [0.717, 1.165) is 12.1 Å². The van der Waals surface area contributed by atoms with E-state index >= 15 is 0 Å². The minimum atomic E-state index is -4.47. The van der Waals surface area contributed by atoms with Crippen LogP contribution in [0.25, 0.3) is 0 Å². The molecule has 8 heteroatoms. The van der Waals surface area contributed by atoms with E-state index in [1.165, 1.54) is 24.3 Å². The summed E-state index contributed by atoms with van der Waals surface area (Å²) in [5.41, 5.74) is -0.260. The van der Waals surface area contributed by atoms with E-state index in [-0.39, 0.29) is 16.9 Å². The Morgan fingerprint density at radius 1 is 1.08 bits per heavy atom. The molecule has 0 radical (unpaired) electrons. The molecule has 0 aliphatic carbocycles. The predicted molar refractivity (Wildman–Crippen MR) is 90.1 cm³/mol. The molecular formula is C18H17F3N2O3. The number of nitrogens with one attached hydrogen (secondary N) is 2. The summed E-state index contributed by atoms with van der Waals surface area (Å²) in [6, 6.07) is 10.8. The van der Waals surface area contributed by atoms with Gasteiger partial charge in [-0.05, 0) is 37.3 Å². The average molecular weight is 366 g/mol. The van der Waals surface area contributed by atoms with E-state index in [1.807, 2.05) is 0 Å². The van der Waals surface area contributed by atoms with Crippen LogP contribution in [0.1, 0.15) is 22.8 Å². The van der Waals surface area contributed by atoms with Crippen LogP contribution in [0.5, 0.6) is 0 Å². The summed E-state index contributed by atoms with van der Waals surface area (Å²) < 4.78 is 43.4. The zero-order valence-electron chi connectivity index (χ0n) is 13.9. The third kappa shape index (κ3) is 5.23. The van der Waals surface area contributed by atoms with Crippen molar-refractivity contribution in [2.24, 2.45) is 0 Å². The smallest absolute Gasteiger partial charge is 0.416 e. The monoisotopic (exact) mass is 366 g/mol. The first-order valence-electron chi connectivity index (χ1n) is 7.78. The number of benzene rings is 2. The molecule has 2 aromatic rings. The second-order valence-electron chi connectivity index (χ2n) is 5.28. The van der Waals surface area contributed by atoms with Crippen molar-refractivity contribution < 1.29 is 27.5 Å². The second kappa shape index (κ2) is 8.37. The SMILES string of the molecule is CCNC(=O)COC(=O)c1ccccc1Nc1cccc(C(F)(F)F)c1. The highest BCUT2D eigenvalue weighted by atomic mass is 19.4. The molecule has 0 fully saturated rings. The van der Waals surface area contributed by atoms with Crippen LogP contribution in [-0.2, 0) is 15.7 Å². The molecule has 0 atom stereocenters. The van der Waals surface area contributed by atoms with E-state index in [1.54, 1.807) is 19.1 Å². The van der Waals surface area contributed by atoms with Crippen LogP contribution in [0.2, 0.25) is 0 Å². The lowest BCUT2D eigenvalue weighted by Crippen LogP contribution is -2.28. The van der Waals surface area contributed by atoms with Crippen LogP contribution in [0.4, 0.5) is 24.5 Å². The van der Waals surface area contributed by atoms with E-state index in [4.69, 9.17) is 4.74 Å². The van der Waals surface area contributed by atoms with Crippen molar-refractivity contribution in [3.8, 4) is 0 Å². The van der Waals surface area contributed by atoms with Crippen LogP contribution >= 0.6 is 0 Å². The van der Waals surface area contributed by atoms with Gasteiger partial charge in [0.15, 0.2) is 6.61 Å². The number of carbonyl (C=O) groups is 2. The molecule has 0 unspecified atom stereocenters. The molecule has 5 nitrogen and oxygen atoms in total. The third-order valence-corrected chi connectivity index (χ3v) is 3.32. The van der Waals surface area contributed by atoms with Crippen molar-refractivity contribution >= 4 is 23.3 Å². The lowest BCUT2D eigenvalue weighted by atomic mass is 10.1. The molecule has 26 heavy (non-hydrogen) atoms. The van der Waals surface area contributed by atoms with Crippen molar-refractivity contribution in [1.29, 1.82) is 0 Å². The Labute approximate surface area is 148 Å². The van der Waals surface area contributed by atoms with Crippen LogP contribution < -0.4 is 10.6 Å². The molecule has 0 spiro atoms. The van der Waals surface area contributed by atoms with E-state index < -0.39 is 30.2 Å². The van der Waals surface area contributed by atoms with Gasteiger partial charge in [0, 0.05) is 12.2 Å². The maximum absolute atomic E-state index is 12.8. The van der Waals surface area contributed by atoms with Crippen LogP contribution in [0.3, 0.4) is 0 Å². The van der Waals surface area contributed by atoms with Crippen molar-refractivity contribution in [3.05, 3.63) is 59.7 Å². The number of carbonyl (C=O) groups excluding carboxylic acids is 2. The minimum Gasteiger partial charge on any atom is -0.452 e. The Bertz CT molecular complexity index is 791.